The lowest BCUT2D eigenvalue weighted by Crippen LogP contribution is -2.54. The van der Waals surface area contributed by atoms with Crippen LogP contribution < -0.4 is 10.2 Å². The number of thiocarbonyl (C=S) groups is 1. The minimum atomic E-state index is -1.13. The highest BCUT2D eigenvalue weighted by molar-refractivity contribution is 7.80. The molecule has 0 radical (unpaired) electrons. The number of nitrogens with one attached hydrogen (secondary N) is 1. The normalized spacial score (nSPS) is 15.2. The van der Waals surface area contributed by atoms with Crippen molar-refractivity contribution in [1.82, 2.24) is 9.88 Å². The van der Waals surface area contributed by atoms with E-state index in [0.717, 1.165) is 21.7 Å². The van der Waals surface area contributed by atoms with Crippen LogP contribution in [0, 0.1) is 13.8 Å². The molecule has 1 saturated heterocycles. The Labute approximate surface area is 189 Å². The summed E-state index contributed by atoms with van der Waals surface area (Å²) >= 11 is 5.20. The summed E-state index contributed by atoms with van der Waals surface area (Å²) in [5.74, 6) is -2.37. The monoisotopic (exact) mass is 445 g/mol. The number of carboxylic acid groups (broad SMARTS) is 1. The van der Waals surface area contributed by atoms with E-state index in [0.29, 0.717) is 5.69 Å². The highest BCUT2D eigenvalue weighted by Gasteiger charge is 2.35. The Morgan fingerprint density at radius 2 is 1.78 bits per heavy atom. The molecule has 3 aromatic rings. The molecule has 8 heteroatoms. The first-order valence-electron chi connectivity index (χ1n) is 9.76. The van der Waals surface area contributed by atoms with Crippen molar-refractivity contribution in [2.24, 2.45) is 0 Å². The lowest BCUT2D eigenvalue weighted by molar-refractivity contribution is -0.122. The van der Waals surface area contributed by atoms with Crippen LogP contribution in [0.3, 0.4) is 0 Å². The zero-order valence-electron chi connectivity index (χ0n) is 17.3. The van der Waals surface area contributed by atoms with Crippen LogP contribution >= 0.6 is 12.2 Å². The summed E-state index contributed by atoms with van der Waals surface area (Å²) in [5.41, 5.74) is 3.98. The maximum Gasteiger partial charge on any atom is 0.335 e. The molecule has 1 fully saturated rings. The van der Waals surface area contributed by atoms with Gasteiger partial charge in [-0.25, -0.2) is 4.79 Å². The van der Waals surface area contributed by atoms with Gasteiger partial charge in [-0.15, -0.1) is 0 Å². The Hall–Kier alpha value is -4.04. The second kappa shape index (κ2) is 8.24. The average molecular weight is 446 g/mol. The Balaban J connectivity index is 1.75. The van der Waals surface area contributed by atoms with E-state index < -0.39 is 17.8 Å². The molecule has 2 heterocycles. The second-order valence-corrected chi connectivity index (χ2v) is 7.77. The van der Waals surface area contributed by atoms with Gasteiger partial charge in [0.2, 0.25) is 0 Å². The second-order valence-electron chi connectivity index (χ2n) is 7.38. The molecular formula is C24H19N3O4S. The molecule has 1 aliphatic rings. The molecule has 0 spiro atoms. The molecule has 0 unspecified atom stereocenters. The molecule has 0 saturated carbocycles. The van der Waals surface area contributed by atoms with Crippen LogP contribution in [-0.4, -0.2) is 32.6 Å². The van der Waals surface area contributed by atoms with Crippen LogP contribution in [0.2, 0.25) is 0 Å². The highest BCUT2D eigenvalue weighted by Crippen LogP contribution is 2.24. The summed E-state index contributed by atoms with van der Waals surface area (Å²) in [6, 6.07) is 15.4. The van der Waals surface area contributed by atoms with Crippen LogP contribution in [0.5, 0.6) is 0 Å². The van der Waals surface area contributed by atoms with Crippen LogP contribution in [0.15, 0.2) is 66.4 Å². The summed E-state index contributed by atoms with van der Waals surface area (Å²) in [6.45, 7) is 4.04. The number of anilines is 1. The fourth-order valence-corrected chi connectivity index (χ4v) is 3.72. The summed E-state index contributed by atoms with van der Waals surface area (Å²) < 4.78 is 1.88. The minimum absolute atomic E-state index is 0.00384. The molecule has 2 aromatic carbocycles. The van der Waals surface area contributed by atoms with E-state index in [1.54, 1.807) is 12.1 Å². The number of rotatable bonds is 4. The van der Waals surface area contributed by atoms with Gasteiger partial charge in [0.25, 0.3) is 11.8 Å². The first-order valence-corrected chi connectivity index (χ1v) is 10.2. The van der Waals surface area contributed by atoms with E-state index >= 15 is 0 Å². The first kappa shape index (κ1) is 21.2. The van der Waals surface area contributed by atoms with Gasteiger partial charge in [0.15, 0.2) is 5.11 Å². The number of hydrogen-bond acceptors (Lipinski definition) is 4. The molecule has 1 aliphatic heterocycles. The number of carbonyl (C=O) groups excluding carboxylic acids is 2. The molecule has 4 rings (SSSR count). The molecule has 2 amide bonds. The number of benzene rings is 2. The van der Waals surface area contributed by atoms with Gasteiger partial charge in [-0.2, -0.15) is 0 Å². The molecule has 160 valence electrons. The number of carbonyl (C=O) groups is 3. The zero-order chi connectivity index (χ0) is 23.0. The summed E-state index contributed by atoms with van der Waals surface area (Å²) in [5, 5.41) is 11.7. The Kier molecular flexibility index (Phi) is 5.46. The Morgan fingerprint density at radius 3 is 2.50 bits per heavy atom. The topological polar surface area (TPSA) is 91.6 Å². The van der Waals surface area contributed by atoms with Crippen molar-refractivity contribution < 1.29 is 19.5 Å². The number of aryl methyl sites for hydroxylation is 2. The van der Waals surface area contributed by atoms with Crippen LogP contribution in [0.25, 0.3) is 11.8 Å². The van der Waals surface area contributed by atoms with Crippen molar-refractivity contribution >= 4 is 46.9 Å². The van der Waals surface area contributed by atoms with E-state index in [1.807, 2.05) is 48.9 Å². The van der Waals surface area contributed by atoms with Crippen LogP contribution in [-0.2, 0) is 9.59 Å². The molecular weight excluding hydrogens is 426 g/mol. The van der Waals surface area contributed by atoms with Crippen molar-refractivity contribution in [2.75, 3.05) is 4.90 Å². The van der Waals surface area contributed by atoms with E-state index in [2.05, 4.69) is 5.32 Å². The van der Waals surface area contributed by atoms with Gasteiger partial charge in [-0.05, 0) is 85.7 Å². The number of hydrogen-bond donors (Lipinski definition) is 2. The van der Waals surface area contributed by atoms with Gasteiger partial charge in [0.1, 0.15) is 5.57 Å². The maximum absolute atomic E-state index is 13.3. The van der Waals surface area contributed by atoms with Crippen molar-refractivity contribution in [3.05, 3.63) is 88.8 Å². The predicted molar refractivity (Wildman–Crippen MR) is 125 cm³/mol. The molecule has 0 aliphatic carbocycles. The van der Waals surface area contributed by atoms with E-state index in [9.17, 15) is 19.5 Å². The van der Waals surface area contributed by atoms with E-state index in [-0.39, 0.29) is 21.9 Å². The molecule has 32 heavy (non-hydrogen) atoms. The van der Waals surface area contributed by atoms with Gasteiger partial charge in [0, 0.05) is 17.6 Å². The third-order valence-corrected chi connectivity index (χ3v) is 5.58. The Bertz CT molecular complexity index is 1320. The van der Waals surface area contributed by atoms with Gasteiger partial charge >= 0.3 is 5.97 Å². The average Bonchev–Trinajstić information content (AvgIpc) is 3.21. The smallest absolute Gasteiger partial charge is 0.335 e. The van der Waals surface area contributed by atoms with Crippen molar-refractivity contribution in [3.8, 4) is 5.69 Å². The molecule has 0 bridgehead atoms. The lowest BCUT2D eigenvalue weighted by Gasteiger charge is -2.29. The van der Waals surface area contributed by atoms with Gasteiger partial charge in [0.05, 0.1) is 11.3 Å². The quantitative estimate of drug-likeness (QED) is 0.364. The predicted octanol–water partition coefficient (Wildman–Crippen LogP) is 3.62. The van der Waals surface area contributed by atoms with Gasteiger partial charge in [-0.3, -0.25) is 19.8 Å². The number of carboxylic acids is 1. The molecule has 1 aromatic heterocycles. The fourth-order valence-electron chi connectivity index (χ4n) is 3.44. The van der Waals surface area contributed by atoms with Crippen molar-refractivity contribution in [1.29, 1.82) is 0 Å². The SMILES string of the molecule is Cc1ccc(-n2cccc2C=C2C(=O)NC(=S)N(c3cccc(C(=O)O)c3)C2=O)cc1C. The fraction of sp³-hybridized carbons (Fsp3) is 0.0833. The first-order chi connectivity index (χ1) is 15.3. The van der Waals surface area contributed by atoms with Crippen LogP contribution in [0.4, 0.5) is 5.69 Å². The number of aromatic carboxylic acids is 1. The van der Waals surface area contributed by atoms with E-state index in [1.165, 1.54) is 24.3 Å². The minimum Gasteiger partial charge on any atom is -0.478 e. The third kappa shape index (κ3) is 3.83. The largest absolute Gasteiger partial charge is 0.478 e. The maximum atomic E-state index is 13.3. The molecule has 7 nitrogen and oxygen atoms in total. The number of nitrogens with zero attached hydrogens (tertiary/aromatic N) is 2. The molecule has 2 N–H and O–H groups in total. The third-order valence-electron chi connectivity index (χ3n) is 5.29. The van der Waals surface area contributed by atoms with Gasteiger partial charge < -0.3 is 9.67 Å². The highest BCUT2D eigenvalue weighted by atomic mass is 32.1. The lowest BCUT2D eigenvalue weighted by atomic mass is 10.1. The summed E-state index contributed by atoms with van der Waals surface area (Å²) in [6.07, 6.45) is 3.35. The molecule has 0 atom stereocenters. The summed E-state index contributed by atoms with van der Waals surface area (Å²) in [4.78, 5) is 38.3. The van der Waals surface area contributed by atoms with E-state index in [4.69, 9.17) is 12.2 Å². The zero-order valence-corrected chi connectivity index (χ0v) is 18.1. The van der Waals surface area contributed by atoms with Crippen molar-refractivity contribution in [3.63, 3.8) is 0 Å². The number of amides is 2. The van der Waals surface area contributed by atoms with Crippen LogP contribution in [0.1, 0.15) is 27.2 Å². The van der Waals surface area contributed by atoms with Gasteiger partial charge in [-0.1, -0.05) is 12.1 Å². The summed E-state index contributed by atoms with van der Waals surface area (Å²) in [7, 11) is 0. The van der Waals surface area contributed by atoms with Crippen molar-refractivity contribution in [2.45, 2.75) is 13.8 Å². The Morgan fingerprint density at radius 1 is 1.00 bits per heavy atom. The standard InChI is InChI=1S/C24H19N3O4S/c1-14-8-9-18(11-15(14)2)26-10-4-7-17(26)13-20-21(28)25-24(32)27(22(20)29)19-6-3-5-16(12-19)23(30)31/h3-13H,1-2H3,(H,30,31)(H,25,28,32). The number of aromatic nitrogens is 1.